The third-order valence-corrected chi connectivity index (χ3v) is 9.23. The molecule has 230 valence electrons. The molecule has 0 aliphatic heterocycles. The van der Waals surface area contributed by atoms with Crippen LogP contribution in [0.4, 0.5) is 17.1 Å². The number of nitrogens with zero attached hydrogens (tertiary/aromatic N) is 3. The van der Waals surface area contributed by atoms with Crippen molar-refractivity contribution in [3.63, 3.8) is 0 Å². The van der Waals surface area contributed by atoms with E-state index in [9.17, 15) is 0 Å². The number of aromatic nitrogens is 2. The van der Waals surface area contributed by atoms with Gasteiger partial charge in [0, 0.05) is 33.3 Å². The normalized spacial score (nSPS) is 11.3. The fourth-order valence-corrected chi connectivity index (χ4v) is 6.83. The Hall–Kier alpha value is -6.58. The molecule has 0 aliphatic carbocycles. The summed E-state index contributed by atoms with van der Waals surface area (Å²) in [6.45, 7) is 0. The number of hydrogen-bond donors (Lipinski definition) is 0. The highest BCUT2D eigenvalue weighted by Crippen LogP contribution is 2.41. The molecule has 9 aromatic rings. The first-order valence-corrected chi connectivity index (χ1v) is 16.6. The average Bonchev–Trinajstić information content (AvgIpc) is 3.19. The van der Waals surface area contributed by atoms with Crippen LogP contribution in [0.15, 0.2) is 188 Å². The minimum atomic E-state index is 0.876. The van der Waals surface area contributed by atoms with E-state index in [1.807, 2.05) is 12.1 Å². The predicted molar refractivity (Wildman–Crippen MR) is 206 cm³/mol. The Morgan fingerprint density at radius 2 is 0.918 bits per heavy atom. The van der Waals surface area contributed by atoms with Crippen LogP contribution in [0.2, 0.25) is 0 Å². The monoisotopic (exact) mass is 625 g/mol. The first-order chi connectivity index (χ1) is 24.3. The second-order valence-corrected chi connectivity index (χ2v) is 12.2. The summed E-state index contributed by atoms with van der Waals surface area (Å²) in [6, 6.07) is 66.2. The molecule has 0 aliphatic rings. The van der Waals surface area contributed by atoms with E-state index in [0.29, 0.717) is 0 Å². The molecule has 49 heavy (non-hydrogen) atoms. The minimum Gasteiger partial charge on any atom is -0.310 e. The molecule has 0 saturated heterocycles. The fourth-order valence-electron chi connectivity index (χ4n) is 6.83. The lowest BCUT2D eigenvalue weighted by atomic mass is 10.0. The summed E-state index contributed by atoms with van der Waals surface area (Å²) in [5.74, 6) is 0. The predicted octanol–water partition coefficient (Wildman–Crippen LogP) is 12.4. The third-order valence-electron chi connectivity index (χ3n) is 9.23. The smallest absolute Gasteiger partial charge is 0.0973 e. The summed E-state index contributed by atoms with van der Waals surface area (Å²) in [5, 5.41) is 4.58. The summed E-state index contributed by atoms with van der Waals surface area (Å²) in [4.78, 5) is 12.9. The molecule has 0 amide bonds. The Morgan fingerprint density at radius 3 is 1.63 bits per heavy atom. The van der Waals surface area contributed by atoms with E-state index in [1.165, 1.54) is 21.9 Å². The van der Waals surface area contributed by atoms with Crippen molar-refractivity contribution in [3.05, 3.63) is 188 Å². The van der Waals surface area contributed by atoms with Gasteiger partial charge in [-0.3, -0.25) is 0 Å². The van der Waals surface area contributed by atoms with Crippen molar-refractivity contribution >= 4 is 49.6 Å². The van der Waals surface area contributed by atoms with E-state index in [2.05, 4.69) is 181 Å². The largest absolute Gasteiger partial charge is 0.310 e. The van der Waals surface area contributed by atoms with Crippen LogP contribution < -0.4 is 4.90 Å². The van der Waals surface area contributed by atoms with Gasteiger partial charge in [-0.25, -0.2) is 9.97 Å². The number of benzene rings is 8. The molecule has 0 radical (unpaired) electrons. The van der Waals surface area contributed by atoms with E-state index in [-0.39, 0.29) is 0 Å². The van der Waals surface area contributed by atoms with Gasteiger partial charge in [-0.1, -0.05) is 152 Å². The lowest BCUT2D eigenvalue weighted by molar-refractivity contribution is 1.29. The molecular weight excluding hydrogens is 595 g/mol. The van der Waals surface area contributed by atoms with Crippen LogP contribution in [0.3, 0.4) is 0 Å². The van der Waals surface area contributed by atoms with E-state index in [4.69, 9.17) is 9.97 Å². The fraction of sp³-hybridized carbons (Fsp3) is 0. The van der Waals surface area contributed by atoms with Gasteiger partial charge in [-0.2, -0.15) is 0 Å². The van der Waals surface area contributed by atoms with Gasteiger partial charge in [0.15, 0.2) is 0 Å². The minimum absolute atomic E-state index is 0.876. The van der Waals surface area contributed by atoms with E-state index in [0.717, 1.165) is 61.4 Å². The van der Waals surface area contributed by atoms with Gasteiger partial charge in [0.2, 0.25) is 0 Å². The zero-order chi connectivity index (χ0) is 32.6. The van der Waals surface area contributed by atoms with Gasteiger partial charge in [0.25, 0.3) is 0 Å². The summed E-state index contributed by atoms with van der Waals surface area (Å²) in [6.07, 6.45) is 0. The first-order valence-electron chi connectivity index (χ1n) is 16.6. The SMILES string of the molecule is c1ccc(-c2ccc(N(c3ccc4c(ccc5nc(-c6ccccc6)c(-c6ccccc6)nc54)c3)c3cccc4ccccc34)cc2)cc1. The standard InChI is InChI=1S/C46H31N3/c1-4-13-32(14-5-1)33-23-26-38(27-24-33)49(43-22-12-20-34-15-10-11-21-40(34)43)39-28-29-41-37(31-39)25-30-42-46(41)48-45(36-18-8-3-9-19-36)44(47-42)35-16-6-2-7-17-35/h1-31H. The van der Waals surface area contributed by atoms with Crippen LogP contribution in [-0.4, -0.2) is 9.97 Å². The summed E-state index contributed by atoms with van der Waals surface area (Å²) < 4.78 is 0. The maximum Gasteiger partial charge on any atom is 0.0973 e. The van der Waals surface area contributed by atoms with Crippen molar-refractivity contribution < 1.29 is 0 Å². The van der Waals surface area contributed by atoms with E-state index < -0.39 is 0 Å². The van der Waals surface area contributed by atoms with Crippen molar-refractivity contribution in [2.75, 3.05) is 4.90 Å². The number of rotatable bonds is 6. The highest BCUT2D eigenvalue weighted by atomic mass is 15.1. The first kappa shape index (κ1) is 28.6. The third kappa shape index (κ3) is 5.28. The molecule has 8 aromatic carbocycles. The van der Waals surface area contributed by atoms with Crippen LogP contribution in [0.5, 0.6) is 0 Å². The molecule has 1 aromatic heterocycles. The Morgan fingerprint density at radius 1 is 0.347 bits per heavy atom. The van der Waals surface area contributed by atoms with Crippen molar-refractivity contribution in [2.24, 2.45) is 0 Å². The molecule has 0 atom stereocenters. The molecular formula is C46H31N3. The molecule has 0 fully saturated rings. The number of anilines is 3. The van der Waals surface area contributed by atoms with Gasteiger partial charge in [-0.05, 0) is 58.3 Å². The van der Waals surface area contributed by atoms with Gasteiger partial charge in [0.05, 0.1) is 28.1 Å². The molecule has 0 bridgehead atoms. The van der Waals surface area contributed by atoms with Crippen molar-refractivity contribution in [1.29, 1.82) is 0 Å². The Kier molecular flexibility index (Phi) is 7.14. The Labute approximate surface area is 285 Å². The second-order valence-electron chi connectivity index (χ2n) is 12.2. The topological polar surface area (TPSA) is 29.0 Å². The molecule has 0 unspecified atom stereocenters. The van der Waals surface area contributed by atoms with E-state index >= 15 is 0 Å². The summed E-state index contributed by atoms with van der Waals surface area (Å²) in [5.41, 5.74) is 11.3. The van der Waals surface area contributed by atoms with Gasteiger partial charge >= 0.3 is 0 Å². The van der Waals surface area contributed by atoms with Crippen LogP contribution in [-0.2, 0) is 0 Å². The molecule has 0 saturated carbocycles. The van der Waals surface area contributed by atoms with Gasteiger partial charge in [0.1, 0.15) is 0 Å². The molecule has 3 nitrogen and oxygen atoms in total. The lowest BCUT2D eigenvalue weighted by Crippen LogP contribution is -2.10. The van der Waals surface area contributed by atoms with Crippen LogP contribution >= 0.6 is 0 Å². The van der Waals surface area contributed by atoms with E-state index in [1.54, 1.807) is 0 Å². The highest BCUT2D eigenvalue weighted by molar-refractivity contribution is 6.07. The van der Waals surface area contributed by atoms with Gasteiger partial charge in [-0.15, -0.1) is 0 Å². The second kappa shape index (κ2) is 12.2. The number of hydrogen-bond acceptors (Lipinski definition) is 3. The van der Waals surface area contributed by atoms with Crippen LogP contribution in [0.1, 0.15) is 0 Å². The maximum atomic E-state index is 5.34. The van der Waals surface area contributed by atoms with Crippen molar-refractivity contribution in [2.45, 2.75) is 0 Å². The number of fused-ring (bicyclic) bond motifs is 4. The Balaban J connectivity index is 1.22. The zero-order valence-electron chi connectivity index (χ0n) is 26.7. The maximum absolute atomic E-state index is 5.34. The van der Waals surface area contributed by atoms with Crippen molar-refractivity contribution in [3.8, 4) is 33.6 Å². The average molecular weight is 626 g/mol. The van der Waals surface area contributed by atoms with Crippen molar-refractivity contribution in [1.82, 2.24) is 9.97 Å². The quantitative estimate of drug-likeness (QED) is 0.172. The Bertz CT molecular complexity index is 2580. The lowest BCUT2D eigenvalue weighted by Gasteiger charge is -2.27. The zero-order valence-corrected chi connectivity index (χ0v) is 26.7. The van der Waals surface area contributed by atoms with Crippen LogP contribution in [0.25, 0.3) is 66.2 Å². The molecule has 3 heteroatoms. The highest BCUT2D eigenvalue weighted by Gasteiger charge is 2.18. The summed E-state index contributed by atoms with van der Waals surface area (Å²) in [7, 11) is 0. The summed E-state index contributed by atoms with van der Waals surface area (Å²) >= 11 is 0. The van der Waals surface area contributed by atoms with Crippen LogP contribution in [0, 0.1) is 0 Å². The molecule has 0 N–H and O–H groups in total. The molecule has 9 rings (SSSR count). The van der Waals surface area contributed by atoms with Gasteiger partial charge < -0.3 is 4.90 Å². The molecule has 0 spiro atoms. The molecule has 1 heterocycles.